The molecule has 5 heteroatoms. The Labute approximate surface area is 126 Å². The summed E-state index contributed by atoms with van der Waals surface area (Å²) in [5.41, 5.74) is 7.25. The SMILES string of the molecule is COc1cccc2c1OCCCC2(CN)N1CCOCC1. The number of methoxy groups -OCH3 is 1. The largest absolute Gasteiger partial charge is 0.493 e. The van der Waals surface area contributed by atoms with Gasteiger partial charge in [-0.15, -0.1) is 0 Å². The van der Waals surface area contributed by atoms with E-state index in [-0.39, 0.29) is 5.54 Å². The van der Waals surface area contributed by atoms with Gasteiger partial charge in [-0.1, -0.05) is 12.1 Å². The lowest BCUT2D eigenvalue weighted by Gasteiger charge is -2.45. The fourth-order valence-electron chi connectivity index (χ4n) is 3.53. The third kappa shape index (κ3) is 2.50. The molecule has 0 spiro atoms. The van der Waals surface area contributed by atoms with Gasteiger partial charge in [0.25, 0.3) is 0 Å². The lowest BCUT2D eigenvalue weighted by Crippen LogP contribution is -2.55. The molecule has 116 valence electrons. The molecule has 1 saturated heterocycles. The molecule has 1 atom stereocenters. The van der Waals surface area contributed by atoms with Crippen molar-refractivity contribution in [2.75, 3.05) is 46.6 Å². The van der Waals surface area contributed by atoms with Gasteiger partial charge >= 0.3 is 0 Å². The molecule has 21 heavy (non-hydrogen) atoms. The molecule has 2 N–H and O–H groups in total. The number of nitrogens with two attached hydrogens (primary N) is 1. The Balaban J connectivity index is 2.08. The van der Waals surface area contributed by atoms with E-state index in [1.165, 1.54) is 0 Å². The van der Waals surface area contributed by atoms with Crippen molar-refractivity contribution in [3.63, 3.8) is 0 Å². The molecular weight excluding hydrogens is 268 g/mol. The van der Waals surface area contributed by atoms with Crippen LogP contribution in [-0.4, -0.2) is 51.5 Å². The van der Waals surface area contributed by atoms with Gasteiger partial charge in [0.05, 0.1) is 32.5 Å². The third-order valence-electron chi connectivity index (χ3n) is 4.64. The Bertz CT molecular complexity index is 488. The molecule has 2 aliphatic heterocycles. The molecule has 1 aromatic carbocycles. The molecule has 1 aromatic rings. The topological polar surface area (TPSA) is 57.0 Å². The molecule has 0 aliphatic carbocycles. The van der Waals surface area contributed by atoms with E-state index in [0.29, 0.717) is 13.2 Å². The van der Waals surface area contributed by atoms with Crippen LogP contribution in [0.25, 0.3) is 0 Å². The molecule has 2 heterocycles. The van der Waals surface area contributed by atoms with Crippen molar-refractivity contribution >= 4 is 0 Å². The van der Waals surface area contributed by atoms with Crippen LogP contribution in [0.5, 0.6) is 11.5 Å². The highest BCUT2D eigenvalue weighted by atomic mass is 16.5. The second-order valence-corrected chi connectivity index (χ2v) is 5.62. The Kier molecular flexibility index (Phi) is 4.33. The van der Waals surface area contributed by atoms with Gasteiger partial charge < -0.3 is 19.9 Å². The van der Waals surface area contributed by atoms with E-state index in [0.717, 1.165) is 56.2 Å². The number of para-hydroxylation sites is 1. The highest BCUT2D eigenvalue weighted by Gasteiger charge is 2.41. The van der Waals surface area contributed by atoms with Gasteiger partial charge in [-0.05, 0) is 18.9 Å². The first-order valence-corrected chi connectivity index (χ1v) is 7.65. The van der Waals surface area contributed by atoms with Gasteiger partial charge in [0, 0.05) is 25.2 Å². The summed E-state index contributed by atoms with van der Waals surface area (Å²) in [6.07, 6.45) is 2.00. The molecule has 0 bridgehead atoms. The van der Waals surface area contributed by atoms with Crippen molar-refractivity contribution in [2.45, 2.75) is 18.4 Å². The van der Waals surface area contributed by atoms with E-state index in [2.05, 4.69) is 11.0 Å². The zero-order valence-electron chi connectivity index (χ0n) is 12.6. The van der Waals surface area contributed by atoms with Crippen LogP contribution in [-0.2, 0) is 10.3 Å². The summed E-state index contributed by atoms with van der Waals surface area (Å²) in [5, 5.41) is 0. The average molecular weight is 292 g/mol. The number of hydrogen-bond donors (Lipinski definition) is 1. The maximum atomic E-state index is 6.27. The van der Waals surface area contributed by atoms with Crippen LogP contribution in [0.4, 0.5) is 0 Å². The normalized spacial score (nSPS) is 26.6. The summed E-state index contributed by atoms with van der Waals surface area (Å²) < 4.78 is 17.0. The third-order valence-corrected chi connectivity index (χ3v) is 4.64. The van der Waals surface area contributed by atoms with E-state index < -0.39 is 0 Å². The van der Waals surface area contributed by atoms with Crippen LogP contribution in [0, 0.1) is 0 Å². The van der Waals surface area contributed by atoms with E-state index in [9.17, 15) is 0 Å². The first-order chi connectivity index (χ1) is 10.3. The minimum absolute atomic E-state index is 0.176. The van der Waals surface area contributed by atoms with E-state index in [4.69, 9.17) is 19.9 Å². The van der Waals surface area contributed by atoms with Crippen LogP contribution in [0.15, 0.2) is 18.2 Å². The molecule has 2 aliphatic rings. The van der Waals surface area contributed by atoms with Crippen LogP contribution in [0.1, 0.15) is 18.4 Å². The fourth-order valence-corrected chi connectivity index (χ4v) is 3.53. The zero-order valence-corrected chi connectivity index (χ0v) is 12.6. The van der Waals surface area contributed by atoms with Gasteiger partial charge in [-0.3, -0.25) is 4.90 Å². The predicted octanol–water partition coefficient (Wildman–Crippen LogP) is 1.35. The summed E-state index contributed by atoms with van der Waals surface area (Å²) in [6.45, 7) is 4.64. The number of morpholine rings is 1. The van der Waals surface area contributed by atoms with Crippen molar-refractivity contribution in [1.82, 2.24) is 4.90 Å². The monoisotopic (exact) mass is 292 g/mol. The van der Waals surface area contributed by atoms with Crippen LogP contribution in [0.2, 0.25) is 0 Å². The van der Waals surface area contributed by atoms with Gasteiger partial charge in [0.1, 0.15) is 0 Å². The quantitative estimate of drug-likeness (QED) is 0.911. The number of ether oxygens (including phenoxy) is 3. The van der Waals surface area contributed by atoms with Gasteiger partial charge in [0.2, 0.25) is 0 Å². The van der Waals surface area contributed by atoms with Crippen LogP contribution >= 0.6 is 0 Å². The second kappa shape index (κ2) is 6.22. The molecule has 0 saturated carbocycles. The number of nitrogens with zero attached hydrogens (tertiary/aromatic N) is 1. The summed E-state index contributed by atoms with van der Waals surface area (Å²) in [7, 11) is 1.68. The second-order valence-electron chi connectivity index (χ2n) is 5.62. The minimum Gasteiger partial charge on any atom is -0.493 e. The van der Waals surface area contributed by atoms with Crippen LogP contribution < -0.4 is 15.2 Å². The summed E-state index contributed by atoms with van der Waals surface area (Å²) >= 11 is 0. The van der Waals surface area contributed by atoms with Crippen molar-refractivity contribution in [1.29, 1.82) is 0 Å². The van der Waals surface area contributed by atoms with Crippen molar-refractivity contribution in [2.24, 2.45) is 5.73 Å². The number of fused-ring (bicyclic) bond motifs is 1. The van der Waals surface area contributed by atoms with Gasteiger partial charge in [0.15, 0.2) is 11.5 Å². The summed E-state index contributed by atoms with van der Waals surface area (Å²) in [6, 6.07) is 6.10. The number of rotatable bonds is 3. The lowest BCUT2D eigenvalue weighted by atomic mass is 9.83. The molecule has 3 rings (SSSR count). The van der Waals surface area contributed by atoms with Crippen LogP contribution in [0.3, 0.4) is 0 Å². The van der Waals surface area contributed by atoms with Crippen molar-refractivity contribution < 1.29 is 14.2 Å². The lowest BCUT2D eigenvalue weighted by molar-refractivity contribution is -0.0252. The Morgan fingerprint density at radius 1 is 1.29 bits per heavy atom. The van der Waals surface area contributed by atoms with E-state index in [1.807, 2.05) is 12.1 Å². The molecular formula is C16H24N2O3. The average Bonchev–Trinajstić information content (AvgIpc) is 2.75. The molecule has 0 radical (unpaired) electrons. The maximum Gasteiger partial charge on any atom is 0.166 e. The van der Waals surface area contributed by atoms with Gasteiger partial charge in [-0.25, -0.2) is 0 Å². The van der Waals surface area contributed by atoms with Crippen molar-refractivity contribution in [3.8, 4) is 11.5 Å². The Morgan fingerprint density at radius 3 is 2.81 bits per heavy atom. The highest BCUT2D eigenvalue weighted by molar-refractivity contribution is 5.50. The highest BCUT2D eigenvalue weighted by Crippen LogP contribution is 2.44. The molecule has 0 amide bonds. The van der Waals surface area contributed by atoms with E-state index in [1.54, 1.807) is 7.11 Å². The van der Waals surface area contributed by atoms with Crippen molar-refractivity contribution in [3.05, 3.63) is 23.8 Å². The first kappa shape index (κ1) is 14.6. The first-order valence-electron chi connectivity index (χ1n) is 7.65. The predicted molar refractivity (Wildman–Crippen MR) is 80.8 cm³/mol. The fraction of sp³-hybridized carbons (Fsp3) is 0.625. The smallest absolute Gasteiger partial charge is 0.166 e. The zero-order chi connectivity index (χ0) is 14.7. The summed E-state index contributed by atoms with van der Waals surface area (Å²) in [5.74, 6) is 1.65. The molecule has 1 fully saturated rings. The van der Waals surface area contributed by atoms with E-state index >= 15 is 0 Å². The van der Waals surface area contributed by atoms with Gasteiger partial charge in [-0.2, -0.15) is 0 Å². The minimum atomic E-state index is -0.176. The molecule has 1 unspecified atom stereocenters. The molecule has 0 aromatic heterocycles. The Hall–Kier alpha value is -1.30. The Morgan fingerprint density at radius 2 is 2.10 bits per heavy atom. The summed E-state index contributed by atoms with van der Waals surface area (Å²) in [4.78, 5) is 2.46. The number of benzene rings is 1. The molecule has 5 nitrogen and oxygen atoms in total. The number of hydrogen-bond acceptors (Lipinski definition) is 5. The standard InChI is InChI=1S/C16H24N2O3/c1-19-14-5-2-4-13-15(14)21-9-3-6-16(13,12-17)18-7-10-20-11-8-18/h2,4-5H,3,6-12,17H2,1H3. The maximum absolute atomic E-state index is 6.27.